The first-order valence-corrected chi connectivity index (χ1v) is 9.35. The van der Waals surface area contributed by atoms with Crippen molar-refractivity contribution in [2.45, 2.75) is 25.9 Å². The van der Waals surface area contributed by atoms with E-state index in [0.29, 0.717) is 20.1 Å². The molecule has 8 heteroatoms. The summed E-state index contributed by atoms with van der Waals surface area (Å²) in [5, 5.41) is 9.49. The molecule has 0 amide bonds. The van der Waals surface area contributed by atoms with Crippen molar-refractivity contribution >= 4 is 71.2 Å². The largest absolute Gasteiger partial charge is 0.309 e. The SMILES string of the molecule is CCNC(c1ccc(Cl)cc1Cl)C(NCC)c1ccc(Cl)cc1Cl.Cl.Cl. The van der Waals surface area contributed by atoms with E-state index in [1.807, 2.05) is 24.3 Å². The maximum atomic E-state index is 6.45. The fourth-order valence-corrected chi connectivity index (χ4v) is 3.81. The molecule has 2 N–H and O–H groups in total. The molecule has 146 valence electrons. The summed E-state index contributed by atoms with van der Waals surface area (Å²) in [5.41, 5.74) is 1.94. The summed E-state index contributed by atoms with van der Waals surface area (Å²) in [5.74, 6) is 0. The smallest absolute Gasteiger partial charge is 0.0533 e. The Kier molecular flexibility index (Phi) is 12.6. The van der Waals surface area contributed by atoms with Crippen LogP contribution in [0.2, 0.25) is 20.1 Å². The van der Waals surface area contributed by atoms with Gasteiger partial charge in [-0.05, 0) is 48.5 Å². The summed E-state index contributed by atoms with van der Waals surface area (Å²) in [7, 11) is 0. The number of benzene rings is 2. The molecule has 0 aliphatic carbocycles. The minimum absolute atomic E-state index is 0. The van der Waals surface area contributed by atoms with Gasteiger partial charge in [0.15, 0.2) is 0 Å². The zero-order chi connectivity index (χ0) is 17.7. The molecule has 2 aromatic carbocycles. The van der Waals surface area contributed by atoms with E-state index in [1.54, 1.807) is 12.1 Å². The zero-order valence-electron chi connectivity index (χ0n) is 14.4. The van der Waals surface area contributed by atoms with Crippen molar-refractivity contribution < 1.29 is 0 Å². The van der Waals surface area contributed by atoms with Gasteiger partial charge in [-0.2, -0.15) is 0 Å². The highest BCUT2D eigenvalue weighted by atomic mass is 35.5. The maximum absolute atomic E-state index is 6.45. The van der Waals surface area contributed by atoms with E-state index in [1.165, 1.54) is 0 Å². The molecule has 2 aromatic rings. The molecule has 0 fully saturated rings. The first kappa shape index (κ1) is 26.1. The predicted octanol–water partition coefficient (Wildman–Crippen LogP) is 7.15. The van der Waals surface area contributed by atoms with Crippen LogP contribution < -0.4 is 10.6 Å². The molecule has 0 saturated heterocycles. The molecule has 0 aliphatic rings. The first-order valence-electron chi connectivity index (χ1n) is 7.84. The minimum atomic E-state index is -0.0570. The van der Waals surface area contributed by atoms with Crippen molar-refractivity contribution in [2.24, 2.45) is 0 Å². The van der Waals surface area contributed by atoms with Crippen LogP contribution in [0, 0.1) is 0 Å². The normalized spacial score (nSPS) is 12.7. The molecule has 0 aliphatic heterocycles. The van der Waals surface area contributed by atoms with Gasteiger partial charge in [-0.15, -0.1) is 24.8 Å². The Morgan fingerprint density at radius 2 is 1.04 bits per heavy atom. The molecular formula is C18H22Cl6N2. The number of likely N-dealkylation sites (N-methyl/N-ethyl adjacent to an activating group) is 2. The van der Waals surface area contributed by atoms with Gasteiger partial charge in [0.25, 0.3) is 0 Å². The van der Waals surface area contributed by atoms with Gasteiger partial charge < -0.3 is 10.6 Å². The average molecular weight is 479 g/mol. The summed E-state index contributed by atoms with van der Waals surface area (Å²) >= 11 is 25.0. The molecule has 0 saturated carbocycles. The highest BCUT2D eigenvalue weighted by Crippen LogP contribution is 2.37. The van der Waals surface area contributed by atoms with Crippen LogP contribution in [0.1, 0.15) is 37.1 Å². The van der Waals surface area contributed by atoms with Gasteiger partial charge in [-0.1, -0.05) is 72.4 Å². The molecule has 0 spiro atoms. The third-order valence-electron chi connectivity index (χ3n) is 3.78. The summed E-state index contributed by atoms with van der Waals surface area (Å²) < 4.78 is 0. The van der Waals surface area contributed by atoms with Gasteiger partial charge in [-0.3, -0.25) is 0 Å². The molecule has 26 heavy (non-hydrogen) atoms. The molecule has 2 rings (SSSR count). The van der Waals surface area contributed by atoms with Crippen LogP contribution in [-0.4, -0.2) is 13.1 Å². The van der Waals surface area contributed by atoms with Crippen molar-refractivity contribution in [1.82, 2.24) is 10.6 Å². The van der Waals surface area contributed by atoms with Crippen molar-refractivity contribution in [3.8, 4) is 0 Å². The van der Waals surface area contributed by atoms with E-state index >= 15 is 0 Å². The van der Waals surface area contributed by atoms with E-state index in [2.05, 4.69) is 24.5 Å². The number of rotatable bonds is 7. The second-order valence-electron chi connectivity index (χ2n) is 5.40. The number of hydrogen-bond donors (Lipinski definition) is 2. The summed E-state index contributed by atoms with van der Waals surface area (Å²) in [6.45, 7) is 5.69. The lowest BCUT2D eigenvalue weighted by molar-refractivity contribution is 0.398. The Labute approximate surface area is 187 Å². The van der Waals surface area contributed by atoms with E-state index in [9.17, 15) is 0 Å². The van der Waals surface area contributed by atoms with Crippen LogP contribution in [0.25, 0.3) is 0 Å². The number of nitrogens with one attached hydrogen (secondary N) is 2. The lowest BCUT2D eigenvalue weighted by atomic mass is 9.93. The van der Waals surface area contributed by atoms with Crippen LogP contribution >= 0.6 is 71.2 Å². The highest BCUT2D eigenvalue weighted by Gasteiger charge is 2.27. The van der Waals surface area contributed by atoms with Gasteiger partial charge in [0.05, 0.1) is 12.1 Å². The fourth-order valence-electron chi connectivity index (χ4n) is 2.76. The second-order valence-corrected chi connectivity index (χ2v) is 7.09. The molecular weight excluding hydrogens is 457 g/mol. The molecule has 0 radical (unpaired) electrons. The Morgan fingerprint density at radius 1 is 0.692 bits per heavy atom. The molecule has 0 bridgehead atoms. The Hall–Kier alpha value is 0.1000. The third-order valence-corrected chi connectivity index (χ3v) is 4.90. The Balaban J connectivity index is 0.00000312. The molecule has 2 atom stereocenters. The van der Waals surface area contributed by atoms with Crippen LogP contribution in [0.3, 0.4) is 0 Å². The van der Waals surface area contributed by atoms with E-state index in [-0.39, 0.29) is 36.9 Å². The number of halogens is 6. The average Bonchev–Trinajstić information content (AvgIpc) is 2.52. The predicted molar refractivity (Wildman–Crippen MR) is 120 cm³/mol. The molecule has 0 heterocycles. The van der Waals surface area contributed by atoms with Crippen LogP contribution in [0.4, 0.5) is 0 Å². The Bertz CT molecular complexity index is 636. The highest BCUT2D eigenvalue weighted by molar-refractivity contribution is 6.35. The Morgan fingerprint density at radius 3 is 1.31 bits per heavy atom. The van der Waals surface area contributed by atoms with Crippen molar-refractivity contribution in [1.29, 1.82) is 0 Å². The lowest BCUT2D eigenvalue weighted by Gasteiger charge is -2.31. The van der Waals surface area contributed by atoms with Gasteiger partial charge in [-0.25, -0.2) is 0 Å². The zero-order valence-corrected chi connectivity index (χ0v) is 19.0. The van der Waals surface area contributed by atoms with Crippen molar-refractivity contribution in [3.63, 3.8) is 0 Å². The molecule has 2 unspecified atom stereocenters. The van der Waals surface area contributed by atoms with Crippen LogP contribution in [-0.2, 0) is 0 Å². The molecule has 0 aromatic heterocycles. The minimum Gasteiger partial charge on any atom is -0.309 e. The fraction of sp³-hybridized carbons (Fsp3) is 0.333. The van der Waals surface area contributed by atoms with E-state index in [0.717, 1.165) is 24.2 Å². The van der Waals surface area contributed by atoms with E-state index in [4.69, 9.17) is 46.4 Å². The van der Waals surface area contributed by atoms with Crippen LogP contribution in [0.5, 0.6) is 0 Å². The van der Waals surface area contributed by atoms with Gasteiger partial charge >= 0.3 is 0 Å². The summed E-state index contributed by atoms with van der Waals surface area (Å²) in [6, 6.07) is 11.0. The quantitative estimate of drug-likeness (QED) is 0.441. The first-order chi connectivity index (χ1) is 11.5. The van der Waals surface area contributed by atoms with E-state index < -0.39 is 0 Å². The monoisotopic (exact) mass is 476 g/mol. The third kappa shape index (κ3) is 6.61. The van der Waals surface area contributed by atoms with Crippen molar-refractivity contribution in [3.05, 3.63) is 67.6 Å². The van der Waals surface area contributed by atoms with Gasteiger partial charge in [0.1, 0.15) is 0 Å². The van der Waals surface area contributed by atoms with Crippen molar-refractivity contribution in [2.75, 3.05) is 13.1 Å². The number of hydrogen-bond acceptors (Lipinski definition) is 2. The summed E-state index contributed by atoms with van der Waals surface area (Å²) in [6.07, 6.45) is 0. The topological polar surface area (TPSA) is 24.1 Å². The lowest BCUT2D eigenvalue weighted by Crippen LogP contribution is -2.35. The standard InChI is InChI=1S/C18H20Cl4N2.2ClH/c1-3-23-17(13-7-5-11(19)9-15(13)21)18(24-4-2)14-8-6-12(20)10-16(14)22;;/h5-10,17-18,23-24H,3-4H2,1-2H3;2*1H. The van der Waals surface area contributed by atoms with Gasteiger partial charge in [0.2, 0.25) is 0 Å². The second kappa shape index (κ2) is 12.5. The molecule has 2 nitrogen and oxygen atoms in total. The maximum Gasteiger partial charge on any atom is 0.0533 e. The summed E-state index contributed by atoms with van der Waals surface area (Å²) in [4.78, 5) is 0. The van der Waals surface area contributed by atoms with Gasteiger partial charge in [0, 0.05) is 20.1 Å². The van der Waals surface area contributed by atoms with Crippen LogP contribution in [0.15, 0.2) is 36.4 Å².